The van der Waals surface area contributed by atoms with Crippen LogP contribution < -0.4 is 5.32 Å². The van der Waals surface area contributed by atoms with E-state index in [2.05, 4.69) is 10.3 Å². The number of hydrogen-bond acceptors (Lipinski definition) is 5. The number of carbonyl (C=O) groups excluding carboxylic acids is 1. The van der Waals surface area contributed by atoms with Crippen LogP contribution in [0.2, 0.25) is 0 Å². The van der Waals surface area contributed by atoms with Crippen LogP contribution in [0, 0.1) is 0 Å². The molecule has 1 aromatic carbocycles. The molecule has 3 N–H and O–H groups in total. The maximum Gasteiger partial charge on any atom is 0.407 e. The number of rotatable bonds is 7. The number of amides is 1. The molecule has 0 aliphatic rings. The summed E-state index contributed by atoms with van der Waals surface area (Å²) in [6.45, 7) is 0.379. The molecule has 0 saturated heterocycles. The highest BCUT2D eigenvalue weighted by molar-refractivity contribution is 5.67. The third-order valence-corrected chi connectivity index (χ3v) is 3.28. The Hall–Kier alpha value is -2.44. The van der Waals surface area contributed by atoms with E-state index >= 15 is 0 Å². The maximum atomic E-state index is 11.5. The van der Waals surface area contributed by atoms with Gasteiger partial charge in [-0.15, -0.1) is 0 Å². The third kappa shape index (κ3) is 5.69. The van der Waals surface area contributed by atoms with E-state index in [4.69, 9.17) is 4.74 Å². The molecule has 0 saturated carbocycles. The predicted molar refractivity (Wildman–Crippen MR) is 84.5 cm³/mol. The smallest absolute Gasteiger partial charge is 0.407 e. The molecule has 6 nitrogen and oxygen atoms in total. The molecule has 1 aromatic heterocycles. The van der Waals surface area contributed by atoms with Crippen LogP contribution in [0.1, 0.15) is 23.8 Å². The number of aromatic nitrogens is 1. The summed E-state index contributed by atoms with van der Waals surface area (Å²) in [5.74, 6) is 0. The van der Waals surface area contributed by atoms with Crippen molar-refractivity contribution >= 4 is 6.09 Å². The van der Waals surface area contributed by atoms with Gasteiger partial charge in [0.25, 0.3) is 0 Å². The van der Waals surface area contributed by atoms with E-state index in [1.54, 1.807) is 24.4 Å². The zero-order valence-electron chi connectivity index (χ0n) is 12.6. The number of alkyl carbamates (subject to hydrolysis) is 1. The molecule has 1 amide bonds. The maximum absolute atomic E-state index is 11.5. The number of ether oxygens (including phenoxy) is 1. The summed E-state index contributed by atoms with van der Waals surface area (Å²) in [6, 6.07) is 14.4. The van der Waals surface area contributed by atoms with Crippen molar-refractivity contribution in [2.75, 3.05) is 6.54 Å². The highest BCUT2D eigenvalue weighted by atomic mass is 16.5. The predicted octanol–water partition coefficient (Wildman–Crippen LogP) is 1.79. The molecule has 2 unspecified atom stereocenters. The highest BCUT2D eigenvalue weighted by Gasteiger charge is 2.19. The molecule has 0 spiro atoms. The summed E-state index contributed by atoms with van der Waals surface area (Å²) in [6.07, 6.45) is -0.922. The second-order valence-electron chi connectivity index (χ2n) is 5.04. The SMILES string of the molecule is O=C(NCCC(O)C(O)c1ccccn1)OCc1ccccc1. The van der Waals surface area contributed by atoms with Crippen LogP contribution in [0.15, 0.2) is 54.7 Å². The Kier molecular flexibility index (Phi) is 6.53. The number of aliphatic hydroxyl groups is 2. The largest absolute Gasteiger partial charge is 0.445 e. The molecule has 0 radical (unpaired) electrons. The van der Waals surface area contributed by atoms with Gasteiger partial charge in [-0.25, -0.2) is 4.79 Å². The van der Waals surface area contributed by atoms with Crippen molar-refractivity contribution in [3.63, 3.8) is 0 Å². The van der Waals surface area contributed by atoms with E-state index in [1.165, 1.54) is 0 Å². The van der Waals surface area contributed by atoms with Crippen LogP contribution in [0.3, 0.4) is 0 Å². The fourth-order valence-corrected chi connectivity index (χ4v) is 2.00. The van der Waals surface area contributed by atoms with Gasteiger partial charge in [0.15, 0.2) is 0 Å². The number of carbonyl (C=O) groups is 1. The molecule has 122 valence electrons. The summed E-state index contributed by atoms with van der Waals surface area (Å²) < 4.78 is 5.05. The van der Waals surface area contributed by atoms with Gasteiger partial charge in [0, 0.05) is 12.7 Å². The van der Waals surface area contributed by atoms with Crippen molar-refractivity contribution in [2.24, 2.45) is 0 Å². The van der Waals surface area contributed by atoms with E-state index < -0.39 is 18.3 Å². The minimum atomic E-state index is -1.08. The normalized spacial score (nSPS) is 13.1. The summed E-state index contributed by atoms with van der Waals surface area (Å²) in [5.41, 5.74) is 1.29. The molecule has 2 aromatic rings. The average Bonchev–Trinajstić information content (AvgIpc) is 2.61. The summed E-state index contributed by atoms with van der Waals surface area (Å²) >= 11 is 0. The second-order valence-corrected chi connectivity index (χ2v) is 5.04. The minimum absolute atomic E-state index is 0.186. The Labute approximate surface area is 134 Å². The van der Waals surface area contributed by atoms with Gasteiger partial charge in [-0.05, 0) is 24.1 Å². The molecule has 0 bridgehead atoms. The highest BCUT2D eigenvalue weighted by Crippen LogP contribution is 2.15. The molecule has 0 fully saturated rings. The Morgan fingerprint density at radius 3 is 2.57 bits per heavy atom. The van der Waals surface area contributed by atoms with Gasteiger partial charge in [0.1, 0.15) is 12.7 Å². The van der Waals surface area contributed by atoms with Crippen molar-refractivity contribution in [2.45, 2.75) is 25.2 Å². The first-order chi connectivity index (χ1) is 11.2. The van der Waals surface area contributed by atoms with Crippen LogP contribution in [-0.4, -0.2) is 33.9 Å². The van der Waals surface area contributed by atoms with Crippen LogP contribution in [-0.2, 0) is 11.3 Å². The fourth-order valence-electron chi connectivity index (χ4n) is 2.00. The van der Waals surface area contributed by atoms with Crippen molar-refractivity contribution in [1.29, 1.82) is 0 Å². The van der Waals surface area contributed by atoms with E-state index in [9.17, 15) is 15.0 Å². The quantitative estimate of drug-likeness (QED) is 0.724. The van der Waals surface area contributed by atoms with Crippen molar-refractivity contribution in [3.8, 4) is 0 Å². The summed E-state index contributed by atoms with van der Waals surface area (Å²) in [5, 5.41) is 22.4. The van der Waals surface area contributed by atoms with Gasteiger partial charge in [-0.2, -0.15) is 0 Å². The second kappa shape index (κ2) is 8.87. The lowest BCUT2D eigenvalue weighted by Gasteiger charge is -2.17. The van der Waals surface area contributed by atoms with E-state index in [0.29, 0.717) is 5.69 Å². The molecular formula is C17H20N2O4. The first-order valence-electron chi connectivity index (χ1n) is 7.38. The fraction of sp³-hybridized carbons (Fsp3) is 0.294. The molecular weight excluding hydrogens is 296 g/mol. The van der Waals surface area contributed by atoms with Gasteiger partial charge >= 0.3 is 6.09 Å². The number of nitrogens with one attached hydrogen (secondary N) is 1. The van der Waals surface area contributed by atoms with E-state index in [-0.39, 0.29) is 19.6 Å². The van der Waals surface area contributed by atoms with Crippen LogP contribution in [0.4, 0.5) is 4.79 Å². The summed E-state index contributed by atoms with van der Waals surface area (Å²) in [7, 11) is 0. The topological polar surface area (TPSA) is 91.7 Å². The lowest BCUT2D eigenvalue weighted by atomic mass is 10.1. The molecule has 0 aliphatic heterocycles. The van der Waals surface area contributed by atoms with E-state index in [1.807, 2.05) is 30.3 Å². The first-order valence-corrected chi connectivity index (χ1v) is 7.38. The number of pyridine rings is 1. The van der Waals surface area contributed by atoms with Crippen molar-refractivity contribution in [3.05, 3.63) is 66.0 Å². The Morgan fingerprint density at radius 2 is 1.87 bits per heavy atom. The number of nitrogens with zero attached hydrogens (tertiary/aromatic N) is 1. The Morgan fingerprint density at radius 1 is 1.13 bits per heavy atom. The Balaban J connectivity index is 1.67. The van der Waals surface area contributed by atoms with Gasteiger partial charge < -0.3 is 20.3 Å². The van der Waals surface area contributed by atoms with Gasteiger partial charge in [-0.1, -0.05) is 36.4 Å². The van der Waals surface area contributed by atoms with E-state index in [0.717, 1.165) is 5.56 Å². The lowest BCUT2D eigenvalue weighted by Crippen LogP contribution is -2.30. The molecule has 2 atom stereocenters. The van der Waals surface area contributed by atoms with Gasteiger partial charge in [-0.3, -0.25) is 4.98 Å². The zero-order valence-corrected chi connectivity index (χ0v) is 12.6. The molecule has 23 heavy (non-hydrogen) atoms. The van der Waals surface area contributed by atoms with Crippen LogP contribution in [0.5, 0.6) is 0 Å². The van der Waals surface area contributed by atoms with Crippen molar-refractivity contribution in [1.82, 2.24) is 10.3 Å². The summed E-state index contributed by atoms with van der Waals surface area (Å²) in [4.78, 5) is 15.5. The lowest BCUT2D eigenvalue weighted by molar-refractivity contribution is 0.0111. The number of hydrogen-bond donors (Lipinski definition) is 3. The molecule has 2 rings (SSSR count). The standard InChI is InChI=1S/C17H20N2O4/c20-15(16(21)14-8-4-5-10-18-14)9-11-19-17(22)23-12-13-6-2-1-3-7-13/h1-8,10,15-16,20-21H,9,11-12H2,(H,19,22). The zero-order chi connectivity index (χ0) is 16.5. The van der Waals surface area contributed by atoms with Crippen LogP contribution in [0.25, 0.3) is 0 Å². The molecule has 1 heterocycles. The number of aliphatic hydroxyl groups excluding tert-OH is 2. The average molecular weight is 316 g/mol. The first kappa shape index (κ1) is 16.9. The molecule has 6 heteroatoms. The van der Waals surface area contributed by atoms with Gasteiger partial charge in [0.05, 0.1) is 11.8 Å². The Bertz CT molecular complexity index is 592. The third-order valence-electron chi connectivity index (χ3n) is 3.28. The van der Waals surface area contributed by atoms with Crippen molar-refractivity contribution < 1.29 is 19.7 Å². The van der Waals surface area contributed by atoms with Crippen LogP contribution >= 0.6 is 0 Å². The van der Waals surface area contributed by atoms with Gasteiger partial charge in [0.2, 0.25) is 0 Å². The monoisotopic (exact) mass is 316 g/mol. The molecule has 0 aliphatic carbocycles. The minimum Gasteiger partial charge on any atom is -0.445 e. The number of benzene rings is 1.